The second-order valence-corrected chi connectivity index (χ2v) is 3.52. The van der Waals surface area contributed by atoms with Crippen molar-refractivity contribution in [1.82, 2.24) is 9.97 Å². The first-order valence-corrected chi connectivity index (χ1v) is 5.19. The summed E-state index contributed by atoms with van der Waals surface area (Å²) < 4.78 is 9.99. The van der Waals surface area contributed by atoms with Gasteiger partial charge in [0.1, 0.15) is 0 Å². The molecule has 0 bridgehead atoms. The number of aromatic nitrogens is 2. The lowest BCUT2D eigenvalue weighted by atomic mass is 10.2. The fourth-order valence-electron chi connectivity index (χ4n) is 1.22. The van der Waals surface area contributed by atoms with Crippen LogP contribution < -0.4 is 4.74 Å². The number of hydrogen-bond acceptors (Lipinski definition) is 5. The Labute approximate surface area is 94.8 Å². The Morgan fingerprint density at radius 1 is 1.50 bits per heavy atom. The van der Waals surface area contributed by atoms with Crippen LogP contribution in [0.1, 0.15) is 36.8 Å². The van der Waals surface area contributed by atoms with Crippen molar-refractivity contribution in [2.24, 2.45) is 0 Å². The monoisotopic (exact) mass is 224 g/mol. The van der Waals surface area contributed by atoms with E-state index >= 15 is 0 Å². The molecular weight excluding hydrogens is 208 g/mol. The third kappa shape index (κ3) is 2.92. The molecule has 0 saturated heterocycles. The van der Waals surface area contributed by atoms with Crippen LogP contribution in [0, 0.1) is 0 Å². The van der Waals surface area contributed by atoms with E-state index in [9.17, 15) is 4.79 Å². The molecule has 1 aromatic heterocycles. The quantitative estimate of drug-likeness (QED) is 0.727. The second kappa shape index (κ2) is 5.44. The van der Waals surface area contributed by atoms with Gasteiger partial charge in [-0.05, 0) is 20.3 Å². The average molecular weight is 224 g/mol. The predicted molar refractivity (Wildman–Crippen MR) is 58.5 cm³/mol. The number of rotatable bonds is 4. The molecule has 0 N–H and O–H groups in total. The third-order valence-corrected chi connectivity index (χ3v) is 1.93. The summed E-state index contributed by atoms with van der Waals surface area (Å²) in [6, 6.07) is 0.291. The molecule has 5 heteroatoms. The maximum atomic E-state index is 11.4. The van der Waals surface area contributed by atoms with Crippen LogP contribution in [0.3, 0.4) is 0 Å². The Balaban J connectivity index is 3.01. The summed E-state index contributed by atoms with van der Waals surface area (Å²) >= 11 is 0. The van der Waals surface area contributed by atoms with Crippen molar-refractivity contribution in [3.63, 3.8) is 0 Å². The summed E-state index contributed by atoms with van der Waals surface area (Å²) in [4.78, 5) is 19.5. The van der Waals surface area contributed by atoms with Crippen LogP contribution in [0.4, 0.5) is 0 Å². The minimum absolute atomic E-state index is 0.00804. The molecule has 16 heavy (non-hydrogen) atoms. The Bertz CT molecular complexity index is 377. The highest BCUT2D eigenvalue weighted by molar-refractivity contribution is 5.90. The van der Waals surface area contributed by atoms with Gasteiger partial charge in [0.15, 0.2) is 0 Å². The van der Waals surface area contributed by atoms with E-state index in [4.69, 9.17) is 4.74 Å². The first kappa shape index (κ1) is 12.4. The highest BCUT2D eigenvalue weighted by atomic mass is 16.5. The van der Waals surface area contributed by atoms with Crippen LogP contribution in [-0.2, 0) is 11.2 Å². The Kier molecular flexibility index (Phi) is 4.22. The molecule has 0 aliphatic heterocycles. The predicted octanol–water partition coefficient (Wildman–Crippen LogP) is 1.61. The number of esters is 1. The number of hydrogen-bond donors (Lipinski definition) is 0. The van der Waals surface area contributed by atoms with E-state index in [0.717, 1.165) is 0 Å². The molecule has 0 radical (unpaired) electrons. The van der Waals surface area contributed by atoms with Crippen LogP contribution in [-0.4, -0.2) is 29.2 Å². The molecule has 0 aliphatic carbocycles. The third-order valence-electron chi connectivity index (χ3n) is 1.93. The summed E-state index contributed by atoms with van der Waals surface area (Å²) in [6.07, 6.45) is 2.07. The number of nitrogens with zero attached hydrogens (tertiary/aromatic N) is 2. The van der Waals surface area contributed by atoms with Gasteiger partial charge < -0.3 is 9.47 Å². The number of aryl methyl sites for hydroxylation is 1. The first-order chi connectivity index (χ1) is 7.58. The molecule has 0 aliphatic rings. The molecule has 0 spiro atoms. The normalized spacial score (nSPS) is 10.3. The molecule has 1 rings (SSSR count). The SMILES string of the molecule is CCc1nc(OC(C)C)ncc1C(=O)OC. The summed E-state index contributed by atoms with van der Waals surface area (Å²) in [7, 11) is 1.33. The van der Waals surface area contributed by atoms with E-state index in [2.05, 4.69) is 14.7 Å². The van der Waals surface area contributed by atoms with E-state index in [0.29, 0.717) is 23.7 Å². The number of carbonyl (C=O) groups is 1. The average Bonchev–Trinajstić information content (AvgIpc) is 2.27. The highest BCUT2D eigenvalue weighted by Gasteiger charge is 2.14. The zero-order valence-electron chi connectivity index (χ0n) is 9.98. The molecular formula is C11H16N2O3. The van der Waals surface area contributed by atoms with Crippen molar-refractivity contribution >= 4 is 5.97 Å². The smallest absolute Gasteiger partial charge is 0.341 e. The Hall–Kier alpha value is -1.65. The molecule has 1 aromatic rings. The van der Waals surface area contributed by atoms with E-state index in [1.54, 1.807) is 0 Å². The maximum absolute atomic E-state index is 11.4. The number of ether oxygens (including phenoxy) is 2. The Morgan fingerprint density at radius 3 is 2.69 bits per heavy atom. The van der Waals surface area contributed by atoms with Crippen molar-refractivity contribution in [3.8, 4) is 6.01 Å². The van der Waals surface area contributed by atoms with Crippen LogP contribution in [0.15, 0.2) is 6.20 Å². The molecule has 88 valence electrons. The van der Waals surface area contributed by atoms with Crippen molar-refractivity contribution in [2.45, 2.75) is 33.3 Å². The molecule has 0 aromatic carbocycles. The lowest BCUT2D eigenvalue weighted by Gasteiger charge is -2.10. The number of carbonyl (C=O) groups excluding carboxylic acids is 1. The molecule has 0 fully saturated rings. The van der Waals surface area contributed by atoms with E-state index < -0.39 is 5.97 Å². The van der Waals surface area contributed by atoms with Crippen molar-refractivity contribution < 1.29 is 14.3 Å². The van der Waals surface area contributed by atoms with Gasteiger partial charge in [-0.1, -0.05) is 6.92 Å². The fourth-order valence-corrected chi connectivity index (χ4v) is 1.22. The van der Waals surface area contributed by atoms with Gasteiger partial charge >= 0.3 is 12.0 Å². The van der Waals surface area contributed by atoms with Crippen molar-refractivity contribution in [3.05, 3.63) is 17.5 Å². The maximum Gasteiger partial charge on any atom is 0.341 e. The zero-order chi connectivity index (χ0) is 12.1. The minimum Gasteiger partial charge on any atom is -0.465 e. The summed E-state index contributed by atoms with van der Waals surface area (Å²) in [6.45, 7) is 5.69. The molecule has 0 saturated carbocycles. The molecule has 0 amide bonds. The van der Waals surface area contributed by atoms with Gasteiger partial charge in [-0.3, -0.25) is 0 Å². The second-order valence-electron chi connectivity index (χ2n) is 3.52. The van der Waals surface area contributed by atoms with Gasteiger partial charge in [0, 0.05) is 6.20 Å². The Morgan fingerprint density at radius 2 is 2.19 bits per heavy atom. The first-order valence-electron chi connectivity index (χ1n) is 5.19. The molecule has 1 heterocycles. The van der Waals surface area contributed by atoms with Crippen LogP contribution >= 0.6 is 0 Å². The number of methoxy groups -OCH3 is 1. The van der Waals surface area contributed by atoms with Crippen molar-refractivity contribution in [2.75, 3.05) is 7.11 Å². The lowest BCUT2D eigenvalue weighted by Crippen LogP contribution is -2.13. The van der Waals surface area contributed by atoms with E-state index in [1.165, 1.54) is 13.3 Å². The van der Waals surface area contributed by atoms with Gasteiger partial charge in [0.05, 0.1) is 24.5 Å². The zero-order valence-corrected chi connectivity index (χ0v) is 9.98. The van der Waals surface area contributed by atoms with Crippen molar-refractivity contribution in [1.29, 1.82) is 0 Å². The van der Waals surface area contributed by atoms with Gasteiger partial charge in [0.25, 0.3) is 0 Å². The molecule has 5 nitrogen and oxygen atoms in total. The summed E-state index contributed by atoms with van der Waals surface area (Å²) in [5.41, 5.74) is 1.03. The minimum atomic E-state index is -0.423. The molecule has 0 unspecified atom stereocenters. The lowest BCUT2D eigenvalue weighted by molar-refractivity contribution is 0.0598. The molecule has 0 atom stereocenters. The summed E-state index contributed by atoms with van der Waals surface area (Å²) in [5.74, 6) is -0.423. The van der Waals surface area contributed by atoms with Gasteiger partial charge in [0.2, 0.25) is 0 Å². The fraction of sp³-hybridized carbons (Fsp3) is 0.545. The largest absolute Gasteiger partial charge is 0.465 e. The van der Waals surface area contributed by atoms with Crippen LogP contribution in [0.5, 0.6) is 6.01 Å². The van der Waals surface area contributed by atoms with Gasteiger partial charge in [-0.15, -0.1) is 0 Å². The topological polar surface area (TPSA) is 61.3 Å². The highest BCUT2D eigenvalue weighted by Crippen LogP contribution is 2.12. The summed E-state index contributed by atoms with van der Waals surface area (Å²) in [5, 5.41) is 0. The van der Waals surface area contributed by atoms with Crippen LogP contribution in [0.2, 0.25) is 0 Å². The van der Waals surface area contributed by atoms with Gasteiger partial charge in [-0.2, -0.15) is 4.98 Å². The van der Waals surface area contributed by atoms with Crippen LogP contribution in [0.25, 0.3) is 0 Å². The van der Waals surface area contributed by atoms with E-state index in [1.807, 2.05) is 20.8 Å². The standard InChI is InChI=1S/C11H16N2O3/c1-5-9-8(10(14)15-4)6-12-11(13-9)16-7(2)3/h6-7H,5H2,1-4H3. The van der Waals surface area contributed by atoms with Gasteiger partial charge in [-0.25, -0.2) is 9.78 Å². The van der Waals surface area contributed by atoms with E-state index in [-0.39, 0.29) is 6.10 Å².